The summed E-state index contributed by atoms with van der Waals surface area (Å²) in [6.07, 6.45) is -0.349. The Hall–Kier alpha value is -2.22. The first-order valence-corrected chi connectivity index (χ1v) is 9.63. The van der Waals surface area contributed by atoms with Gasteiger partial charge in [-0.05, 0) is 30.2 Å². The van der Waals surface area contributed by atoms with Crippen LogP contribution in [0.25, 0.3) is 11.0 Å². The molecule has 130 valence electrons. The Bertz CT molecular complexity index is 1030. The summed E-state index contributed by atoms with van der Waals surface area (Å²) in [5.74, 6) is 0. The molecule has 0 spiro atoms. The molecule has 2 aromatic carbocycles. The van der Waals surface area contributed by atoms with Crippen molar-refractivity contribution >= 4 is 21.0 Å². The van der Waals surface area contributed by atoms with Gasteiger partial charge in [-0.1, -0.05) is 41.6 Å². The molecule has 0 bridgehead atoms. The summed E-state index contributed by atoms with van der Waals surface area (Å²) in [4.78, 5) is 0. The van der Waals surface area contributed by atoms with Gasteiger partial charge in [0.25, 0.3) is 0 Å². The molecular weight excluding hydrogens is 340 g/mol. The lowest BCUT2D eigenvalue weighted by Crippen LogP contribution is -2.36. The van der Waals surface area contributed by atoms with E-state index in [-0.39, 0.29) is 0 Å². The van der Waals surface area contributed by atoms with Crippen molar-refractivity contribution in [3.63, 3.8) is 0 Å². The lowest BCUT2D eigenvalue weighted by molar-refractivity contribution is 0.151. The van der Waals surface area contributed by atoms with Gasteiger partial charge in [-0.15, -0.1) is 0 Å². The zero-order valence-electron chi connectivity index (χ0n) is 13.6. The molecule has 25 heavy (non-hydrogen) atoms. The molecule has 1 aromatic heterocycles. The maximum absolute atomic E-state index is 12.9. The topological polar surface area (TPSA) is 92.4 Å². The van der Waals surface area contributed by atoms with Crippen LogP contribution >= 0.6 is 0 Å². The van der Waals surface area contributed by atoms with Crippen LogP contribution in [0, 0.1) is 0 Å². The van der Waals surface area contributed by atoms with Crippen molar-refractivity contribution in [2.75, 3.05) is 0 Å². The van der Waals surface area contributed by atoms with Crippen LogP contribution in [0.1, 0.15) is 35.0 Å². The van der Waals surface area contributed by atoms with Crippen LogP contribution in [0.15, 0.2) is 53.1 Å². The number of nitrogens with one attached hydrogen (secondary N) is 1. The number of benzene rings is 2. The van der Waals surface area contributed by atoms with Gasteiger partial charge in [0.15, 0.2) is 5.58 Å². The molecule has 0 fully saturated rings. The van der Waals surface area contributed by atoms with Crippen LogP contribution in [0.2, 0.25) is 0 Å². The zero-order valence-corrected chi connectivity index (χ0v) is 14.4. The first-order valence-electron chi connectivity index (χ1n) is 8.08. The average Bonchev–Trinajstić information content (AvgIpc) is 3.16. The molecule has 0 saturated carbocycles. The second-order valence-electron chi connectivity index (χ2n) is 6.32. The second-order valence-corrected chi connectivity index (χ2v) is 8.35. The molecule has 1 heterocycles. The second kappa shape index (κ2) is 5.94. The molecule has 3 atom stereocenters. The molecule has 1 aliphatic rings. The lowest BCUT2D eigenvalue weighted by Gasteiger charge is -2.20. The molecule has 0 saturated heterocycles. The Morgan fingerprint density at radius 2 is 1.92 bits per heavy atom. The number of aliphatic hydroxyl groups excluding tert-OH is 1. The van der Waals surface area contributed by atoms with Crippen molar-refractivity contribution in [1.82, 2.24) is 9.88 Å². The first kappa shape index (κ1) is 16.3. The van der Waals surface area contributed by atoms with Gasteiger partial charge in [-0.25, -0.2) is 13.1 Å². The van der Waals surface area contributed by atoms with E-state index in [0.717, 1.165) is 11.1 Å². The maximum Gasteiger partial charge on any atom is 0.220 e. The Labute approximate surface area is 145 Å². The molecule has 0 aliphatic heterocycles. The number of aromatic nitrogens is 1. The summed E-state index contributed by atoms with van der Waals surface area (Å²) in [5.41, 5.74) is 2.69. The molecule has 0 radical (unpaired) electrons. The molecule has 7 heteroatoms. The number of fused-ring (bicyclic) bond motifs is 2. The van der Waals surface area contributed by atoms with Crippen LogP contribution in [-0.4, -0.2) is 24.8 Å². The summed E-state index contributed by atoms with van der Waals surface area (Å²) in [6, 6.07) is 14.0. The summed E-state index contributed by atoms with van der Waals surface area (Å²) < 4.78 is 33.6. The molecule has 1 aliphatic carbocycles. The number of aliphatic hydroxyl groups is 1. The Morgan fingerprint density at radius 3 is 2.76 bits per heavy atom. The molecule has 6 nitrogen and oxygen atoms in total. The summed E-state index contributed by atoms with van der Waals surface area (Å²) in [5, 5.41) is 14.0. The van der Waals surface area contributed by atoms with E-state index < -0.39 is 27.4 Å². The first-order chi connectivity index (χ1) is 12.0. The zero-order chi connectivity index (χ0) is 17.6. The molecule has 0 amide bonds. The molecule has 3 aromatic rings. The van der Waals surface area contributed by atoms with E-state index >= 15 is 0 Å². The Balaban J connectivity index is 1.66. The van der Waals surface area contributed by atoms with Crippen molar-refractivity contribution in [3.8, 4) is 0 Å². The van der Waals surface area contributed by atoms with Crippen molar-refractivity contribution < 1.29 is 18.0 Å². The third kappa shape index (κ3) is 2.74. The van der Waals surface area contributed by atoms with Gasteiger partial charge in [0, 0.05) is 11.8 Å². The van der Waals surface area contributed by atoms with E-state index in [1.54, 1.807) is 25.1 Å². The largest absolute Gasteiger partial charge is 0.391 e. The minimum absolute atomic E-state index is 0.365. The molecule has 4 rings (SSSR count). The highest BCUT2D eigenvalue weighted by Gasteiger charge is 2.37. The predicted octanol–water partition coefficient (Wildman–Crippen LogP) is 2.47. The van der Waals surface area contributed by atoms with E-state index in [0.29, 0.717) is 23.1 Å². The molecule has 2 N–H and O–H groups in total. The number of hydrogen-bond donors (Lipinski definition) is 2. The summed E-state index contributed by atoms with van der Waals surface area (Å²) in [7, 11) is -3.77. The molecule has 1 unspecified atom stereocenters. The normalized spacial score (nSPS) is 21.4. The Kier molecular flexibility index (Phi) is 3.87. The monoisotopic (exact) mass is 358 g/mol. The van der Waals surface area contributed by atoms with Crippen LogP contribution in [0.4, 0.5) is 0 Å². The van der Waals surface area contributed by atoms with Gasteiger partial charge in [0.1, 0.15) is 10.9 Å². The number of rotatable bonds is 4. The fourth-order valence-electron chi connectivity index (χ4n) is 3.34. The van der Waals surface area contributed by atoms with Crippen LogP contribution < -0.4 is 4.72 Å². The fourth-order valence-corrected chi connectivity index (χ4v) is 4.65. The van der Waals surface area contributed by atoms with E-state index in [9.17, 15) is 13.5 Å². The van der Waals surface area contributed by atoms with Gasteiger partial charge in [0.2, 0.25) is 10.0 Å². The average molecular weight is 358 g/mol. The summed E-state index contributed by atoms with van der Waals surface area (Å²) >= 11 is 0. The van der Waals surface area contributed by atoms with Crippen LogP contribution in [0.5, 0.6) is 0 Å². The quantitative estimate of drug-likeness (QED) is 0.747. The number of para-hydroxylation sites is 1. The van der Waals surface area contributed by atoms with Gasteiger partial charge >= 0.3 is 0 Å². The Morgan fingerprint density at radius 1 is 1.20 bits per heavy atom. The number of hydrogen-bond acceptors (Lipinski definition) is 5. The van der Waals surface area contributed by atoms with Crippen LogP contribution in [0.3, 0.4) is 0 Å². The van der Waals surface area contributed by atoms with Gasteiger partial charge in [-0.3, -0.25) is 0 Å². The predicted molar refractivity (Wildman–Crippen MR) is 93.4 cm³/mol. The standard InChI is InChI=1S/C18H18N2O4S/c1-11(17-14-8-4-5-9-16(14)24-19-17)25(22,23)20-18-13-7-3-2-6-12(13)10-15(18)21/h2-9,11,15,18,20-21H,10H2,1H3/t11?,15-,18-/m0/s1. The van der Waals surface area contributed by atoms with E-state index in [2.05, 4.69) is 9.88 Å². The van der Waals surface area contributed by atoms with Crippen molar-refractivity contribution in [3.05, 3.63) is 65.4 Å². The van der Waals surface area contributed by atoms with Crippen molar-refractivity contribution in [2.45, 2.75) is 30.7 Å². The number of nitrogens with zero attached hydrogens (tertiary/aromatic N) is 1. The SMILES string of the molecule is CC(c1noc2ccccc12)S(=O)(=O)N[C@H]1c2ccccc2C[C@@H]1O. The van der Waals surface area contributed by atoms with Crippen LogP contribution in [-0.2, 0) is 16.4 Å². The summed E-state index contributed by atoms with van der Waals surface area (Å²) in [6.45, 7) is 1.57. The highest BCUT2D eigenvalue weighted by molar-refractivity contribution is 7.89. The van der Waals surface area contributed by atoms with Gasteiger partial charge in [0.05, 0.1) is 12.1 Å². The smallest absolute Gasteiger partial charge is 0.220 e. The van der Waals surface area contributed by atoms with Gasteiger partial charge in [-0.2, -0.15) is 0 Å². The van der Waals surface area contributed by atoms with Crippen molar-refractivity contribution in [2.24, 2.45) is 0 Å². The minimum atomic E-state index is -3.77. The highest BCUT2D eigenvalue weighted by Crippen LogP contribution is 2.34. The van der Waals surface area contributed by atoms with E-state index in [1.165, 1.54) is 0 Å². The third-order valence-corrected chi connectivity index (χ3v) is 6.49. The van der Waals surface area contributed by atoms with Crippen molar-refractivity contribution in [1.29, 1.82) is 0 Å². The van der Waals surface area contributed by atoms with Gasteiger partial charge < -0.3 is 9.63 Å². The maximum atomic E-state index is 12.9. The van der Waals surface area contributed by atoms with E-state index in [4.69, 9.17) is 4.52 Å². The molecular formula is C18H18N2O4S. The highest BCUT2D eigenvalue weighted by atomic mass is 32.2. The van der Waals surface area contributed by atoms with E-state index in [1.807, 2.05) is 30.3 Å². The lowest BCUT2D eigenvalue weighted by atomic mass is 10.1. The number of sulfonamides is 1. The fraction of sp³-hybridized carbons (Fsp3) is 0.278. The minimum Gasteiger partial charge on any atom is -0.391 e. The third-order valence-electron chi connectivity index (χ3n) is 4.75.